The van der Waals surface area contributed by atoms with Crippen molar-refractivity contribution in [2.45, 2.75) is 13.3 Å². The Hall–Kier alpha value is -1.08. The van der Waals surface area contributed by atoms with Gasteiger partial charge >= 0.3 is 0 Å². The van der Waals surface area contributed by atoms with Gasteiger partial charge in [0, 0.05) is 23.7 Å². The largest absolute Gasteiger partial charge is 0.264 e. The minimum atomic E-state index is 0.512. The van der Waals surface area contributed by atoms with Crippen molar-refractivity contribution in [3.05, 3.63) is 42.2 Å². The molecule has 0 aliphatic heterocycles. The Kier molecular flexibility index (Phi) is 3.22. The zero-order valence-corrected chi connectivity index (χ0v) is 9.54. The Morgan fingerprint density at radius 1 is 1.33 bits per heavy atom. The summed E-state index contributed by atoms with van der Waals surface area (Å²) in [5, 5.41) is 2.50. The lowest BCUT2D eigenvalue weighted by atomic mass is 9.98. The fourth-order valence-electron chi connectivity index (χ4n) is 1.78. The number of nitrogens with zero attached hydrogens (tertiary/aromatic N) is 1. The third kappa shape index (κ3) is 2.29. The second kappa shape index (κ2) is 4.63. The van der Waals surface area contributed by atoms with Crippen molar-refractivity contribution in [2.75, 3.05) is 5.88 Å². The summed E-state index contributed by atoms with van der Waals surface area (Å²) in [7, 11) is 0. The predicted molar refractivity (Wildman–Crippen MR) is 65.3 cm³/mol. The molecule has 0 aliphatic carbocycles. The molecule has 1 aromatic carbocycles. The highest BCUT2D eigenvalue weighted by Gasteiger charge is 2.05. The van der Waals surface area contributed by atoms with Crippen molar-refractivity contribution in [2.24, 2.45) is 5.92 Å². The number of aromatic nitrogens is 1. The number of benzene rings is 1. The standard InChI is InChI=1S/C13H14ClN/c1-10(8-14)7-12-4-2-3-11-5-6-15-9-13(11)12/h2-6,9-10H,7-8H2,1H3. The van der Waals surface area contributed by atoms with Crippen LogP contribution in [0.25, 0.3) is 10.8 Å². The molecule has 0 fully saturated rings. The van der Waals surface area contributed by atoms with Gasteiger partial charge in [0.2, 0.25) is 0 Å². The maximum Gasteiger partial charge on any atom is 0.0349 e. The second-order valence-electron chi connectivity index (χ2n) is 3.98. The van der Waals surface area contributed by atoms with Crippen LogP contribution in [-0.4, -0.2) is 10.9 Å². The molecule has 0 saturated carbocycles. The number of hydrogen-bond acceptors (Lipinski definition) is 1. The molecular weight excluding hydrogens is 206 g/mol. The normalized spacial score (nSPS) is 12.9. The predicted octanol–water partition coefficient (Wildman–Crippen LogP) is 3.65. The molecular formula is C13H14ClN. The topological polar surface area (TPSA) is 12.9 Å². The van der Waals surface area contributed by atoms with Gasteiger partial charge in [-0.15, -0.1) is 11.6 Å². The van der Waals surface area contributed by atoms with Gasteiger partial charge in [-0.1, -0.05) is 25.1 Å². The SMILES string of the molecule is CC(CCl)Cc1cccc2ccncc12. The summed E-state index contributed by atoms with van der Waals surface area (Å²) in [4.78, 5) is 4.17. The third-order valence-electron chi connectivity index (χ3n) is 2.61. The van der Waals surface area contributed by atoms with Crippen LogP contribution in [0.2, 0.25) is 0 Å². The number of alkyl halides is 1. The quantitative estimate of drug-likeness (QED) is 0.719. The van der Waals surface area contributed by atoms with Crippen molar-refractivity contribution in [1.29, 1.82) is 0 Å². The fourth-order valence-corrected chi connectivity index (χ4v) is 1.89. The molecule has 78 valence electrons. The van der Waals surface area contributed by atoms with Crippen molar-refractivity contribution in [3.8, 4) is 0 Å². The summed E-state index contributed by atoms with van der Waals surface area (Å²) in [5.74, 6) is 1.22. The van der Waals surface area contributed by atoms with E-state index in [9.17, 15) is 0 Å². The van der Waals surface area contributed by atoms with E-state index in [1.807, 2.05) is 18.5 Å². The van der Waals surface area contributed by atoms with Gasteiger partial charge in [0.25, 0.3) is 0 Å². The Morgan fingerprint density at radius 2 is 2.20 bits per heavy atom. The Labute approximate surface area is 95.1 Å². The Balaban J connectivity index is 2.42. The van der Waals surface area contributed by atoms with Crippen molar-refractivity contribution in [1.82, 2.24) is 4.98 Å². The van der Waals surface area contributed by atoms with E-state index in [4.69, 9.17) is 11.6 Å². The number of rotatable bonds is 3. The van der Waals surface area contributed by atoms with Crippen LogP contribution in [0.1, 0.15) is 12.5 Å². The van der Waals surface area contributed by atoms with E-state index in [0.717, 1.165) is 6.42 Å². The number of pyridine rings is 1. The van der Waals surface area contributed by atoms with E-state index in [1.54, 1.807) is 0 Å². The van der Waals surface area contributed by atoms with Gasteiger partial charge in [-0.2, -0.15) is 0 Å². The highest BCUT2D eigenvalue weighted by molar-refractivity contribution is 6.18. The lowest BCUT2D eigenvalue weighted by Crippen LogP contribution is -2.01. The fraction of sp³-hybridized carbons (Fsp3) is 0.308. The van der Waals surface area contributed by atoms with Gasteiger partial charge in [0.15, 0.2) is 0 Å². The van der Waals surface area contributed by atoms with Gasteiger partial charge in [-0.05, 0) is 29.4 Å². The van der Waals surface area contributed by atoms with Crippen LogP contribution in [0.4, 0.5) is 0 Å². The first kappa shape index (κ1) is 10.4. The summed E-state index contributed by atoms with van der Waals surface area (Å²) < 4.78 is 0. The van der Waals surface area contributed by atoms with E-state index in [2.05, 4.69) is 30.1 Å². The highest BCUT2D eigenvalue weighted by atomic mass is 35.5. The average Bonchev–Trinajstić information content (AvgIpc) is 2.29. The summed E-state index contributed by atoms with van der Waals surface area (Å²) in [6, 6.07) is 8.42. The summed E-state index contributed by atoms with van der Waals surface area (Å²) >= 11 is 5.84. The minimum Gasteiger partial charge on any atom is -0.264 e. The molecule has 1 unspecified atom stereocenters. The molecule has 1 nitrogen and oxygen atoms in total. The third-order valence-corrected chi connectivity index (χ3v) is 3.13. The maximum atomic E-state index is 5.84. The lowest BCUT2D eigenvalue weighted by Gasteiger charge is -2.09. The molecule has 1 aromatic heterocycles. The van der Waals surface area contributed by atoms with Crippen LogP contribution in [0.15, 0.2) is 36.7 Å². The van der Waals surface area contributed by atoms with Gasteiger partial charge in [-0.25, -0.2) is 0 Å². The number of halogens is 1. The van der Waals surface area contributed by atoms with Crippen LogP contribution >= 0.6 is 11.6 Å². The molecule has 0 saturated heterocycles. The minimum absolute atomic E-state index is 0.512. The molecule has 15 heavy (non-hydrogen) atoms. The van der Waals surface area contributed by atoms with Crippen LogP contribution in [-0.2, 0) is 6.42 Å². The Bertz CT molecular complexity index is 448. The van der Waals surface area contributed by atoms with Crippen molar-refractivity contribution < 1.29 is 0 Å². The molecule has 2 heteroatoms. The first-order valence-electron chi connectivity index (χ1n) is 5.19. The molecule has 0 aliphatic rings. The van der Waals surface area contributed by atoms with Gasteiger partial charge in [0.1, 0.15) is 0 Å². The zero-order valence-electron chi connectivity index (χ0n) is 8.78. The molecule has 0 spiro atoms. The first-order chi connectivity index (χ1) is 7.31. The summed E-state index contributed by atoms with van der Waals surface area (Å²) in [6.45, 7) is 2.17. The smallest absolute Gasteiger partial charge is 0.0349 e. The highest BCUT2D eigenvalue weighted by Crippen LogP contribution is 2.20. The van der Waals surface area contributed by atoms with Gasteiger partial charge < -0.3 is 0 Å². The van der Waals surface area contributed by atoms with E-state index in [0.29, 0.717) is 11.8 Å². The van der Waals surface area contributed by atoms with Gasteiger partial charge in [0.05, 0.1) is 0 Å². The van der Waals surface area contributed by atoms with E-state index < -0.39 is 0 Å². The molecule has 0 bridgehead atoms. The molecule has 0 radical (unpaired) electrons. The van der Waals surface area contributed by atoms with Crippen LogP contribution in [0, 0.1) is 5.92 Å². The number of fused-ring (bicyclic) bond motifs is 1. The van der Waals surface area contributed by atoms with Gasteiger partial charge in [-0.3, -0.25) is 4.98 Å². The summed E-state index contributed by atoms with van der Waals surface area (Å²) in [6.07, 6.45) is 4.79. The van der Waals surface area contributed by atoms with E-state index >= 15 is 0 Å². The van der Waals surface area contributed by atoms with E-state index in [-0.39, 0.29) is 0 Å². The van der Waals surface area contributed by atoms with Crippen LogP contribution in [0.3, 0.4) is 0 Å². The number of hydrogen-bond donors (Lipinski definition) is 0. The molecule has 0 N–H and O–H groups in total. The molecule has 0 amide bonds. The average molecular weight is 220 g/mol. The monoisotopic (exact) mass is 219 g/mol. The lowest BCUT2D eigenvalue weighted by molar-refractivity contribution is 0.657. The summed E-state index contributed by atoms with van der Waals surface area (Å²) in [5.41, 5.74) is 1.34. The van der Waals surface area contributed by atoms with Crippen molar-refractivity contribution in [3.63, 3.8) is 0 Å². The molecule has 2 aromatic rings. The molecule has 1 atom stereocenters. The Morgan fingerprint density at radius 3 is 3.00 bits per heavy atom. The first-order valence-corrected chi connectivity index (χ1v) is 5.72. The maximum absolute atomic E-state index is 5.84. The van der Waals surface area contributed by atoms with Crippen LogP contribution in [0.5, 0.6) is 0 Å². The molecule has 2 rings (SSSR count). The van der Waals surface area contributed by atoms with Crippen LogP contribution < -0.4 is 0 Å². The van der Waals surface area contributed by atoms with E-state index in [1.165, 1.54) is 16.3 Å². The molecule has 1 heterocycles. The van der Waals surface area contributed by atoms with Crippen molar-refractivity contribution >= 4 is 22.4 Å². The zero-order chi connectivity index (χ0) is 10.7. The second-order valence-corrected chi connectivity index (χ2v) is 4.29.